The Morgan fingerprint density at radius 1 is 1.35 bits per heavy atom. The van der Waals surface area contributed by atoms with Crippen molar-refractivity contribution in [1.82, 2.24) is 9.97 Å². The van der Waals surface area contributed by atoms with Gasteiger partial charge in [0.1, 0.15) is 12.4 Å². The van der Waals surface area contributed by atoms with E-state index in [2.05, 4.69) is 9.97 Å². The second-order valence-electron chi connectivity index (χ2n) is 4.29. The van der Waals surface area contributed by atoms with Crippen LogP contribution in [0, 0.1) is 5.82 Å². The average Bonchev–Trinajstić information content (AvgIpc) is 3.01. The van der Waals surface area contributed by atoms with Gasteiger partial charge in [-0.1, -0.05) is 0 Å². The molecule has 0 radical (unpaired) electrons. The van der Waals surface area contributed by atoms with Crippen LogP contribution >= 0.6 is 0 Å². The Labute approximate surface area is 115 Å². The molecule has 0 bridgehead atoms. The standard InChI is InChI=1S/C13H14FN3O3/c14-11-8-15-13(20-9-10-2-1-5-19-10)16-12(11)17-3-6-18-7-4-17/h1-2,5,8H,3-4,6-7,9H2. The molecule has 2 aromatic heterocycles. The molecule has 7 heteroatoms. The van der Waals surface area contributed by atoms with Gasteiger partial charge in [0.25, 0.3) is 0 Å². The lowest BCUT2D eigenvalue weighted by Crippen LogP contribution is -2.37. The van der Waals surface area contributed by atoms with Crippen molar-refractivity contribution in [2.24, 2.45) is 0 Å². The van der Waals surface area contributed by atoms with Crippen molar-refractivity contribution in [3.8, 4) is 6.01 Å². The van der Waals surface area contributed by atoms with E-state index in [0.717, 1.165) is 6.20 Å². The molecular formula is C13H14FN3O3. The van der Waals surface area contributed by atoms with Crippen LogP contribution in [0.15, 0.2) is 29.0 Å². The van der Waals surface area contributed by atoms with E-state index >= 15 is 0 Å². The van der Waals surface area contributed by atoms with Crippen LogP contribution in [0.1, 0.15) is 5.76 Å². The first kappa shape index (κ1) is 12.9. The zero-order chi connectivity index (χ0) is 13.8. The predicted octanol–water partition coefficient (Wildman–Crippen LogP) is 1.62. The molecule has 0 saturated carbocycles. The second-order valence-corrected chi connectivity index (χ2v) is 4.29. The molecule has 0 unspecified atom stereocenters. The normalized spacial score (nSPS) is 15.3. The zero-order valence-electron chi connectivity index (χ0n) is 10.8. The highest BCUT2D eigenvalue weighted by Gasteiger charge is 2.18. The Morgan fingerprint density at radius 2 is 2.20 bits per heavy atom. The van der Waals surface area contributed by atoms with Crippen molar-refractivity contribution in [3.05, 3.63) is 36.2 Å². The number of rotatable bonds is 4. The molecule has 0 aromatic carbocycles. The van der Waals surface area contributed by atoms with Gasteiger partial charge in [0.2, 0.25) is 0 Å². The molecule has 0 spiro atoms. The van der Waals surface area contributed by atoms with E-state index in [1.165, 1.54) is 0 Å². The molecule has 20 heavy (non-hydrogen) atoms. The molecule has 1 aliphatic rings. The van der Waals surface area contributed by atoms with E-state index in [-0.39, 0.29) is 18.4 Å². The molecule has 1 saturated heterocycles. The van der Waals surface area contributed by atoms with Gasteiger partial charge in [0.05, 0.1) is 25.7 Å². The van der Waals surface area contributed by atoms with Gasteiger partial charge in [-0.25, -0.2) is 9.37 Å². The van der Waals surface area contributed by atoms with Crippen LogP contribution in [-0.2, 0) is 11.3 Å². The third-order valence-electron chi connectivity index (χ3n) is 2.94. The lowest BCUT2D eigenvalue weighted by Gasteiger charge is -2.27. The predicted molar refractivity (Wildman–Crippen MR) is 68.1 cm³/mol. The van der Waals surface area contributed by atoms with Crippen LogP contribution in [0.4, 0.5) is 10.2 Å². The number of aromatic nitrogens is 2. The number of hydrogen-bond acceptors (Lipinski definition) is 6. The SMILES string of the molecule is Fc1cnc(OCc2ccco2)nc1N1CCOCC1. The van der Waals surface area contributed by atoms with E-state index in [4.69, 9.17) is 13.9 Å². The topological polar surface area (TPSA) is 60.6 Å². The second kappa shape index (κ2) is 5.87. The summed E-state index contributed by atoms with van der Waals surface area (Å²) in [6, 6.07) is 3.68. The Kier molecular flexibility index (Phi) is 3.78. The largest absolute Gasteiger partial charge is 0.466 e. The maximum absolute atomic E-state index is 13.8. The summed E-state index contributed by atoms with van der Waals surface area (Å²) in [5.74, 6) is 0.445. The highest BCUT2D eigenvalue weighted by Crippen LogP contribution is 2.19. The lowest BCUT2D eigenvalue weighted by molar-refractivity contribution is 0.122. The van der Waals surface area contributed by atoms with Gasteiger partial charge in [-0.05, 0) is 12.1 Å². The molecule has 0 aliphatic carbocycles. The number of nitrogens with zero attached hydrogens (tertiary/aromatic N) is 3. The number of halogens is 1. The summed E-state index contributed by atoms with van der Waals surface area (Å²) in [6.07, 6.45) is 2.68. The quantitative estimate of drug-likeness (QED) is 0.847. The molecule has 3 rings (SSSR count). The van der Waals surface area contributed by atoms with Gasteiger partial charge in [-0.15, -0.1) is 0 Å². The van der Waals surface area contributed by atoms with Crippen molar-refractivity contribution in [2.45, 2.75) is 6.61 Å². The van der Waals surface area contributed by atoms with E-state index in [9.17, 15) is 4.39 Å². The molecule has 0 atom stereocenters. The average molecular weight is 279 g/mol. The minimum Gasteiger partial charge on any atom is -0.466 e. The fourth-order valence-corrected chi connectivity index (χ4v) is 1.94. The Morgan fingerprint density at radius 3 is 2.95 bits per heavy atom. The summed E-state index contributed by atoms with van der Waals surface area (Å²) < 4.78 is 29.6. The summed E-state index contributed by atoms with van der Waals surface area (Å²) in [5, 5.41) is 0. The maximum atomic E-state index is 13.8. The Hall–Kier alpha value is -2.15. The smallest absolute Gasteiger partial charge is 0.318 e. The van der Waals surface area contributed by atoms with Crippen LogP contribution in [0.5, 0.6) is 6.01 Å². The van der Waals surface area contributed by atoms with Crippen LogP contribution in [0.25, 0.3) is 0 Å². The van der Waals surface area contributed by atoms with Crippen LogP contribution in [-0.4, -0.2) is 36.3 Å². The third kappa shape index (κ3) is 2.88. The number of hydrogen-bond donors (Lipinski definition) is 0. The van der Waals surface area contributed by atoms with Crippen molar-refractivity contribution in [2.75, 3.05) is 31.2 Å². The fraction of sp³-hybridized carbons (Fsp3) is 0.385. The first-order valence-corrected chi connectivity index (χ1v) is 6.33. The Balaban J connectivity index is 1.72. The zero-order valence-corrected chi connectivity index (χ0v) is 10.8. The molecule has 6 nitrogen and oxygen atoms in total. The van der Waals surface area contributed by atoms with Gasteiger partial charge >= 0.3 is 6.01 Å². The molecule has 106 valence electrons. The van der Waals surface area contributed by atoms with Gasteiger partial charge in [0.15, 0.2) is 11.6 Å². The highest BCUT2D eigenvalue weighted by atomic mass is 19.1. The number of morpholine rings is 1. The number of anilines is 1. The molecule has 0 amide bonds. The van der Waals surface area contributed by atoms with Gasteiger partial charge in [-0.2, -0.15) is 4.98 Å². The third-order valence-corrected chi connectivity index (χ3v) is 2.94. The van der Waals surface area contributed by atoms with E-state index in [1.807, 2.05) is 4.90 Å². The lowest BCUT2D eigenvalue weighted by atomic mass is 10.4. The fourth-order valence-electron chi connectivity index (χ4n) is 1.94. The van der Waals surface area contributed by atoms with E-state index < -0.39 is 5.82 Å². The van der Waals surface area contributed by atoms with Crippen LogP contribution < -0.4 is 9.64 Å². The highest BCUT2D eigenvalue weighted by molar-refractivity contribution is 5.40. The molecule has 0 N–H and O–H groups in total. The molecule has 1 aliphatic heterocycles. The summed E-state index contributed by atoms with van der Waals surface area (Å²) in [6.45, 7) is 2.54. The minimum absolute atomic E-state index is 0.129. The molecule has 3 heterocycles. The van der Waals surface area contributed by atoms with Crippen molar-refractivity contribution in [1.29, 1.82) is 0 Å². The van der Waals surface area contributed by atoms with Gasteiger partial charge in [-0.3, -0.25) is 0 Å². The van der Waals surface area contributed by atoms with Crippen LogP contribution in [0.3, 0.4) is 0 Å². The number of ether oxygens (including phenoxy) is 2. The summed E-state index contributed by atoms with van der Waals surface area (Å²) in [7, 11) is 0. The van der Waals surface area contributed by atoms with Crippen LogP contribution in [0.2, 0.25) is 0 Å². The van der Waals surface area contributed by atoms with Crippen molar-refractivity contribution < 1.29 is 18.3 Å². The van der Waals surface area contributed by atoms with Crippen molar-refractivity contribution >= 4 is 5.82 Å². The minimum atomic E-state index is -0.461. The summed E-state index contributed by atoms with van der Waals surface area (Å²) >= 11 is 0. The van der Waals surface area contributed by atoms with Gasteiger partial charge in [0, 0.05) is 13.1 Å². The monoisotopic (exact) mass is 279 g/mol. The maximum Gasteiger partial charge on any atom is 0.318 e. The Bertz CT molecular complexity index is 556. The van der Waals surface area contributed by atoms with Crippen molar-refractivity contribution in [3.63, 3.8) is 0 Å². The molecule has 1 fully saturated rings. The number of furan rings is 1. The summed E-state index contributed by atoms with van der Waals surface area (Å²) in [4.78, 5) is 9.76. The first-order chi connectivity index (χ1) is 9.83. The summed E-state index contributed by atoms with van der Waals surface area (Å²) in [5.41, 5.74) is 0. The van der Waals surface area contributed by atoms with E-state index in [0.29, 0.717) is 32.1 Å². The molecule has 2 aromatic rings. The first-order valence-electron chi connectivity index (χ1n) is 6.33. The van der Waals surface area contributed by atoms with E-state index in [1.54, 1.807) is 18.4 Å². The molecular weight excluding hydrogens is 265 g/mol. The van der Waals surface area contributed by atoms with Gasteiger partial charge < -0.3 is 18.8 Å².